The first-order valence-electron chi connectivity index (χ1n) is 7.36. The van der Waals surface area contributed by atoms with Crippen LogP contribution in [0.5, 0.6) is 5.75 Å². The molecule has 2 unspecified atom stereocenters. The van der Waals surface area contributed by atoms with Gasteiger partial charge < -0.3 is 4.74 Å². The van der Waals surface area contributed by atoms with Crippen LogP contribution in [0.1, 0.15) is 43.0 Å². The van der Waals surface area contributed by atoms with Crippen molar-refractivity contribution in [2.75, 3.05) is 6.61 Å². The van der Waals surface area contributed by atoms with E-state index in [9.17, 15) is 4.79 Å². The Morgan fingerprint density at radius 2 is 2.15 bits per heavy atom. The molecule has 2 fully saturated rings. The third-order valence-electron chi connectivity index (χ3n) is 4.24. The number of hydrazone groups is 1. The van der Waals surface area contributed by atoms with Gasteiger partial charge in [-0.3, -0.25) is 4.79 Å². The zero-order valence-corrected chi connectivity index (χ0v) is 11.8. The van der Waals surface area contributed by atoms with Crippen LogP contribution in [0.15, 0.2) is 29.4 Å². The van der Waals surface area contributed by atoms with Crippen molar-refractivity contribution >= 4 is 11.6 Å². The van der Waals surface area contributed by atoms with Crippen molar-refractivity contribution in [3.8, 4) is 5.75 Å². The molecule has 1 aromatic carbocycles. The van der Waals surface area contributed by atoms with Gasteiger partial charge in [-0.1, -0.05) is 0 Å². The number of carbonyl (C=O) groups is 1. The largest absolute Gasteiger partial charge is 0.494 e. The van der Waals surface area contributed by atoms with Crippen molar-refractivity contribution in [2.24, 2.45) is 16.9 Å². The Bertz CT molecular complexity index is 522. The molecule has 1 amide bonds. The number of nitrogens with one attached hydrogen (secondary N) is 1. The summed E-state index contributed by atoms with van der Waals surface area (Å²) in [6.45, 7) is 2.56. The van der Waals surface area contributed by atoms with Gasteiger partial charge in [-0.25, -0.2) is 5.43 Å². The van der Waals surface area contributed by atoms with Gasteiger partial charge in [0.05, 0.1) is 6.61 Å². The molecule has 106 valence electrons. The molecule has 2 aliphatic carbocycles. The van der Waals surface area contributed by atoms with Gasteiger partial charge in [0.1, 0.15) is 5.75 Å². The zero-order valence-electron chi connectivity index (χ0n) is 11.8. The van der Waals surface area contributed by atoms with Gasteiger partial charge in [0.25, 0.3) is 5.91 Å². The molecule has 1 aromatic rings. The quantitative estimate of drug-likeness (QED) is 0.857. The summed E-state index contributed by atoms with van der Waals surface area (Å²) in [7, 11) is 0. The summed E-state index contributed by atoms with van der Waals surface area (Å²) in [6.07, 6.45) is 4.89. The maximum atomic E-state index is 12.0. The van der Waals surface area contributed by atoms with Crippen molar-refractivity contribution in [1.82, 2.24) is 5.43 Å². The van der Waals surface area contributed by atoms with Gasteiger partial charge in [0, 0.05) is 11.3 Å². The van der Waals surface area contributed by atoms with E-state index in [4.69, 9.17) is 4.74 Å². The number of benzene rings is 1. The molecule has 2 aliphatic rings. The third kappa shape index (κ3) is 2.69. The first kappa shape index (κ1) is 13.2. The molecule has 2 atom stereocenters. The Morgan fingerprint density at radius 1 is 1.35 bits per heavy atom. The highest BCUT2D eigenvalue weighted by molar-refractivity contribution is 5.96. The Hall–Kier alpha value is -1.84. The van der Waals surface area contributed by atoms with Gasteiger partial charge in [-0.2, -0.15) is 5.10 Å². The van der Waals surface area contributed by atoms with Crippen molar-refractivity contribution in [3.05, 3.63) is 29.8 Å². The molecule has 0 saturated heterocycles. The smallest absolute Gasteiger partial charge is 0.271 e. The highest BCUT2D eigenvalue weighted by Gasteiger charge is 2.36. The third-order valence-corrected chi connectivity index (χ3v) is 4.24. The fourth-order valence-electron chi connectivity index (χ4n) is 3.22. The average Bonchev–Trinajstić information content (AvgIpc) is 3.08. The highest BCUT2D eigenvalue weighted by atomic mass is 16.5. The van der Waals surface area contributed by atoms with Crippen molar-refractivity contribution < 1.29 is 9.53 Å². The van der Waals surface area contributed by atoms with Crippen molar-refractivity contribution in [3.63, 3.8) is 0 Å². The van der Waals surface area contributed by atoms with E-state index < -0.39 is 0 Å². The lowest BCUT2D eigenvalue weighted by Crippen LogP contribution is -2.21. The van der Waals surface area contributed by atoms with Crippen LogP contribution >= 0.6 is 0 Å². The van der Waals surface area contributed by atoms with E-state index in [1.807, 2.05) is 19.1 Å². The van der Waals surface area contributed by atoms with E-state index >= 15 is 0 Å². The van der Waals surface area contributed by atoms with E-state index in [-0.39, 0.29) is 5.91 Å². The summed E-state index contributed by atoms with van der Waals surface area (Å²) in [4.78, 5) is 12.0. The Labute approximate surface area is 119 Å². The highest BCUT2D eigenvalue weighted by Crippen LogP contribution is 2.42. The summed E-state index contributed by atoms with van der Waals surface area (Å²) < 4.78 is 5.36. The predicted octanol–water partition coefficient (Wildman–Crippen LogP) is 2.99. The summed E-state index contributed by atoms with van der Waals surface area (Å²) in [5.74, 6) is 2.05. The Balaban J connectivity index is 1.60. The number of carbonyl (C=O) groups excluding carboxylic acids is 1. The molecule has 0 aromatic heterocycles. The minimum absolute atomic E-state index is 0.150. The average molecular weight is 272 g/mol. The fraction of sp³-hybridized carbons (Fsp3) is 0.500. The normalized spacial score (nSPS) is 25.9. The Morgan fingerprint density at radius 3 is 2.75 bits per heavy atom. The lowest BCUT2D eigenvalue weighted by molar-refractivity contribution is 0.0954. The van der Waals surface area contributed by atoms with Gasteiger partial charge in [-0.05, 0) is 68.7 Å². The number of nitrogens with zero attached hydrogens (tertiary/aromatic N) is 1. The SMILES string of the molecule is CCOc1ccc(C(=O)N/N=C2/CC3CCC2C3)cc1. The minimum atomic E-state index is -0.150. The van der Waals surface area contributed by atoms with Gasteiger partial charge in [0.15, 0.2) is 0 Å². The van der Waals surface area contributed by atoms with Gasteiger partial charge in [0.2, 0.25) is 0 Å². The topological polar surface area (TPSA) is 50.7 Å². The number of amides is 1. The van der Waals surface area contributed by atoms with E-state index in [0.29, 0.717) is 18.1 Å². The van der Waals surface area contributed by atoms with Crippen molar-refractivity contribution in [1.29, 1.82) is 0 Å². The van der Waals surface area contributed by atoms with Crippen LogP contribution in [0.25, 0.3) is 0 Å². The van der Waals surface area contributed by atoms with Crippen LogP contribution < -0.4 is 10.2 Å². The predicted molar refractivity (Wildman–Crippen MR) is 78.0 cm³/mol. The molecular weight excluding hydrogens is 252 g/mol. The van der Waals surface area contributed by atoms with E-state index in [0.717, 1.165) is 18.1 Å². The van der Waals surface area contributed by atoms with E-state index in [1.54, 1.807) is 12.1 Å². The molecule has 0 heterocycles. The van der Waals surface area contributed by atoms with Gasteiger partial charge in [-0.15, -0.1) is 0 Å². The molecule has 2 bridgehead atoms. The van der Waals surface area contributed by atoms with Crippen LogP contribution in [-0.4, -0.2) is 18.2 Å². The molecule has 4 heteroatoms. The van der Waals surface area contributed by atoms with E-state index in [2.05, 4.69) is 10.5 Å². The second-order valence-electron chi connectivity index (χ2n) is 5.58. The minimum Gasteiger partial charge on any atom is -0.494 e. The first-order chi connectivity index (χ1) is 9.76. The van der Waals surface area contributed by atoms with Crippen LogP contribution in [0.3, 0.4) is 0 Å². The number of hydrogen-bond acceptors (Lipinski definition) is 3. The molecule has 4 nitrogen and oxygen atoms in total. The molecule has 0 aliphatic heterocycles. The first-order valence-corrected chi connectivity index (χ1v) is 7.36. The van der Waals surface area contributed by atoms with E-state index in [1.165, 1.54) is 25.0 Å². The molecule has 2 saturated carbocycles. The van der Waals surface area contributed by atoms with Crippen molar-refractivity contribution in [2.45, 2.75) is 32.6 Å². The monoisotopic (exact) mass is 272 g/mol. The number of fused-ring (bicyclic) bond motifs is 2. The Kier molecular flexibility index (Phi) is 3.72. The molecular formula is C16H20N2O2. The maximum Gasteiger partial charge on any atom is 0.271 e. The molecule has 0 radical (unpaired) electrons. The van der Waals surface area contributed by atoms with Crippen LogP contribution in [0.4, 0.5) is 0 Å². The lowest BCUT2D eigenvalue weighted by Gasteiger charge is -2.11. The zero-order chi connectivity index (χ0) is 13.9. The summed E-state index contributed by atoms with van der Waals surface area (Å²) in [5.41, 5.74) is 4.48. The molecule has 0 spiro atoms. The summed E-state index contributed by atoms with van der Waals surface area (Å²) in [6, 6.07) is 7.15. The van der Waals surface area contributed by atoms with Crippen LogP contribution in [0, 0.1) is 11.8 Å². The molecule has 3 rings (SSSR count). The number of ether oxygens (including phenoxy) is 1. The standard InChI is InChI=1S/C16H20N2O2/c1-2-20-14-7-5-12(6-8-14)16(19)18-17-15-10-11-3-4-13(15)9-11/h5-8,11,13H,2-4,9-10H2,1H3,(H,18,19)/b17-15-. The lowest BCUT2D eigenvalue weighted by atomic mass is 9.99. The molecule has 20 heavy (non-hydrogen) atoms. The van der Waals surface area contributed by atoms with Crippen LogP contribution in [-0.2, 0) is 0 Å². The summed E-state index contributed by atoms with van der Waals surface area (Å²) in [5, 5.41) is 4.33. The van der Waals surface area contributed by atoms with Crippen LogP contribution in [0.2, 0.25) is 0 Å². The number of rotatable bonds is 4. The number of hydrogen-bond donors (Lipinski definition) is 1. The molecule has 1 N–H and O–H groups in total. The maximum absolute atomic E-state index is 12.0. The second kappa shape index (κ2) is 5.65. The van der Waals surface area contributed by atoms with Gasteiger partial charge >= 0.3 is 0 Å². The summed E-state index contributed by atoms with van der Waals surface area (Å²) >= 11 is 0. The second-order valence-corrected chi connectivity index (χ2v) is 5.58. The fourth-order valence-corrected chi connectivity index (χ4v) is 3.22.